The summed E-state index contributed by atoms with van der Waals surface area (Å²) in [4.78, 5) is 4.22. The molecule has 0 atom stereocenters. The third kappa shape index (κ3) is 2.99. The van der Waals surface area contributed by atoms with Crippen molar-refractivity contribution in [3.05, 3.63) is 34.1 Å². The summed E-state index contributed by atoms with van der Waals surface area (Å²) >= 11 is 5.00. The Hall–Kier alpha value is -1.01. The van der Waals surface area contributed by atoms with Crippen molar-refractivity contribution in [3.8, 4) is 0 Å². The number of hydrogen-bond donors (Lipinski definition) is 2. The maximum absolute atomic E-state index is 5.76. The third-order valence-electron chi connectivity index (χ3n) is 1.92. The van der Waals surface area contributed by atoms with Crippen LogP contribution in [0.4, 0.5) is 5.69 Å². The Morgan fingerprint density at radius 3 is 2.88 bits per heavy atom. The number of hydrogen-bond acceptors (Lipinski definition) is 4. The van der Waals surface area contributed by atoms with Crippen molar-refractivity contribution in [3.63, 3.8) is 0 Å². The van der Waals surface area contributed by atoms with Crippen LogP contribution < -0.4 is 5.73 Å². The smallest absolute Gasteiger partial charge is 0.208 e. The van der Waals surface area contributed by atoms with Gasteiger partial charge >= 0.3 is 0 Å². The predicted molar refractivity (Wildman–Crippen MR) is 69.2 cm³/mol. The first-order valence-corrected chi connectivity index (χ1v) is 6.48. The normalized spacial score (nSPS) is 10.6. The first-order valence-electron chi connectivity index (χ1n) is 4.70. The number of benzene rings is 1. The van der Waals surface area contributed by atoms with E-state index in [4.69, 9.17) is 5.73 Å². The van der Waals surface area contributed by atoms with Gasteiger partial charge in [0.1, 0.15) is 5.82 Å². The number of nitrogens with two attached hydrogens (primary N) is 1. The molecule has 2 rings (SSSR count). The summed E-state index contributed by atoms with van der Waals surface area (Å²) in [6.07, 6.45) is 0. The molecule has 0 fully saturated rings. The van der Waals surface area contributed by atoms with Crippen LogP contribution in [0.2, 0.25) is 0 Å². The Morgan fingerprint density at radius 2 is 2.25 bits per heavy atom. The monoisotopic (exact) mass is 298 g/mol. The Labute approximate surface area is 106 Å². The molecule has 0 aliphatic heterocycles. The van der Waals surface area contributed by atoms with Crippen molar-refractivity contribution < 1.29 is 0 Å². The number of aromatic nitrogens is 3. The summed E-state index contributed by atoms with van der Waals surface area (Å²) < 4.78 is 0.995. The minimum atomic E-state index is 0.760. The van der Waals surface area contributed by atoms with Crippen LogP contribution >= 0.6 is 27.7 Å². The van der Waals surface area contributed by atoms with Gasteiger partial charge in [-0.2, -0.15) is 0 Å². The predicted octanol–water partition coefficient (Wildman–Crippen LogP) is 2.75. The van der Waals surface area contributed by atoms with Gasteiger partial charge in [0.05, 0.1) is 0 Å². The Kier molecular flexibility index (Phi) is 3.50. The summed E-state index contributed by atoms with van der Waals surface area (Å²) in [5, 5.41) is 7.63. The molecule has 16 heavy (non-hydrogen) atoms. The zero-order valence-corrected chi connectivity index (χ0v) is 11.1. The van der Waals surface area contributed by atoms with Gasteiger partial charge in [-0.1, -0.05) is 27.7 Å². The molecular weight excluding hydrogens is 288 g/mol. The van der Waals surface area contributed by atoms with E-state index in [1.165, 1.54) is 0 Å². The van der Waals surface area contributed by atoms with Crippen LogP contribution in [0, 0.1) is 6.92 Å². The molecule has 0 amide bonds. The van der Waals surface area contributed by atoms with Crippen molar-refractivity contribution in [1.82, 2.24) is 15.2 Å². The van der Waals surface area contributed by atoms with Crippen LogP contribution in [0.1, 0.15) is 11.4 Å². The molecular formula is C10H11BrN4S. The standard InChI is InChI=1S/C10H11BrN4S/c1-6-13-10(15-14-6)16-5-7-2-8(11)4-9(12)3-7/h2-4H,5,12H2,1H3,(H,13,14,15). The van der Waals surface area contributed by atoms with Crippen molar-refractivity contribution in [2.45, 2.75) is 17.8 Å². The number of nitrogens with zero attached hydrogens (tertiary/aromatic N) is 2. The maximum Gasteiger partial charge on any atom is 0.208 e. The Morgan fingerprint density at radius 1 is 1.44 bits per heavy atom. The van der Waals surface area contributed by atoms with Crippen molar-refractivity contribution >= 4 is 33.4 Å². The molecule has 1 aromatic heterocycles. The Bertz CT molecular complexity index is 477. The molecule has 6 heteroatoms. The number of aryl methyl sites for hydroxylation is 1. The van der Waals surface area contributed by atoms with Gasteiger partial charge in [0.15, 0.2) is 0 Å². The van der Waals surface area contributed by atoms with Gasteiger partial charge in [-0.15, -0.1) is 5.10 Å². The lowest BCUT2D eigenvalue weighted by Gasteiger charge is -2.01. The van der Waals surface area contributed by atoms with Gasteiger partial charge in [0.25, 0.3) is 0 Å². The fourth-order valence-electron chi connectivity index (χ4n) is 1.29. The molecule has 1 aromatic carbocycles. The van der Waals surface area contributed by atoms with Gasteiger partial charge in [-0.3, -0.25) is 5.10 Å². The quantitative estimate of drug-likeness (QED) is 0.675. The average molecular weight is 299 g/mol. The van der Waals surface area contributed by atoms with Gasteiger partial charge in [0.2, 0.25) is 5.16 Å². The van der Waals surface area contributed by atoms with Gasteiger partial charge < -0.3 is 5.73 Å². The molecule has 2 aromatic rings. The molecule has 0 aliphatic rings. The van der Waals surface area contributed by atoms with E-state index in [0.29, 0.717) is 0 Å². The molecule has 0 aliphatic carbocycles. The molecule has 4 nitrogen and oxygen atoms in total. The zero-order valence-electron chi connectivity index (χ0n) is 8.70. The van der Waals surface area contributed by atoms with Gasteiger partial charge in [-0.25, -0.2) is 4.98 Å². The first-order chi connectivity index (χ1) is 7.63. The van der Waals surface area contributed by atoms with Gasteiger partial charge in [-0.05, 0) is 30.7 Å². The SMILES string of the molecule is Cc1nc(SCc2cc(N)cc(Br)c2)n[nH]1. The fourth-order valence-corrected chi connectivity index (χ4v) is 2.63. The van der Waals surface area contributed by atoms with E-state index in [1.54, 1.807) is 11.8 Å². The molecule has 84 valence electrons. The van der Waals surface area contributed by atoms with Gasteiger partial charge in [0, 0.05) is 15.9 Å². The van der Waals surface area contributed by atoms with Crippen LogP contribution in [0.3, 0.4) is 0 Å². The highest BCUT2D eigenvalue weighted by atomic mass is 79.9. The highest BCUT2D eigenvalue weighted by Gasteiger charge is 2.02. The summed E-state index contributed by atoms with van der Waals surface area (Å²) in [5.41, 5.74) is 7.67. The zero-order chi connectivity index (χ0) is 11.5. The molecule has 0 radical (unpaired) electrons. The second-order valence-corrected chi connectivity index (χ2v) is 5.24. The van der Waals surface area contributed by atoms with E-state index in [2.05, 4.69) is 31.1 Å². The van der Waals surface area contributed by atoms with Crippen LogP contribution in [-0.4, -0.2) is 15.2 Å². The molecule has 0 unspecified atom stereocenters. The topological polar surface area (TPSA) is 67.6 Å². The van der Waals surface area contributed by atoms with Crippen molar-refractivity contribution in [2.24, 2.45) is 0 Å². The number of aromatic amines is 1. The molecule has 3 N–H and O–H groups in total. The van der Waals surface area contributed by atoms with Crippen LogP contribution in [0.5, 0.6) is 0 Å². The minimum Gasteiger partial charge on any atom is -0.399 e. The number of rotatable bonds is 3. The average Bonchev–Trinajstić information content (AvgIpc) is 2.60. The van der Waals surface area contributed by atoms with E-state index in [-0.39, 0.29) is 0 Å². The van der Waals surface area contributed by atoms with E-state index in [0.717, 1.165) is 32.5 Å². The second-order valence-electron chi connectivity index (χ2n) is 3.38. The largest absolute Gasteiger partial charge is 0.399 e. The minimum absolute atomic E-state index is 0.760. The number of nitrogen functional groups attached to an aromatic ring is 1. The molecule has 0 saturated heterocycles. The first kappa shape index (κ1) is 11.5. The van der Waals surface area contributed by atoms with Crippen molar-refractivity contribution in [2.75, 3.05) is 5.73 Å². The summed E-state index contributed by atoms with van der Waals surface area (Å²) in [7, 11) is 0. The molecule has 1 heterocycles. The molecule has 0 spiro atoms. The van der Waals surface area contributed by atoms with E-state index in [1.807, 2.05) is 25.1 Å². The number of nitrogens with one attached hydrogen (secondary N) is 1. The number of H-pyrrole nitrogens is 1. The lowest BCUT2D eigenvalue weighted by atomic mass is 10.2. The highest BCUT2D eigenvalue weighted by Crippen LogP contribution is 2.23. The lowest BCUT2D eigenvalue weighted by Crippen LogP contribution is -1.88. The van der Waals surface area contributed by atoms with Crippen molar-refractivity contribution in [1.29, 1.82) is 0 Å². The lowest BCUT2D eigenvalue weighted by molar-refractivity contribution is 0.969. The maximum atomic E-state index is 5.76. The third-order valence-corrected chi connectivity index (χ3v) is 3.30. The summed E-state index contributed by atoms with van der Waals surface area (Å²) in [5.74, 6) is 1.64. The van der Waals surface area contributed by atoms with Crippen LogP contribution in [-0.2, 0) is 5.75 Å². The highest BCUT2D eigenvalue weighted by molar-refractivity contribution is 9.10. The number of halogens is 1. The van der Waals surface area contributed by atoms with Crippen LogP contribution in [0.25, 0.3) is 0 Å². The fraction of sp³-hybridized carbons (Fsp3) is 0.200. The summed E-state index contributed by atoms with van der Waals surface area (Å²) in [6, 6.07) is 5.88. The molecule has 0 saturated carbocycles. The molecule has 0 bridgehead atoms. The van der Waals surface area contributed by atoms with Crippen LogP contribution in [0.15, 0.2) is 27.8 Å². The number of anilines is 1. The Balaban J connectivity index is 2.04. The summed E-state index contributed by atoms with van der Waals surface area (Å²) in [6.45, 7) is 1.88. The van der Waals surface area contributed by atoms with E-state index >= 15 is 0 Å². The van der Waals surface area contributed by atoms with E-state index < -0.39 is 0 Å². The van der Waals surface area contributed by atoms with E-state index in [9.17, 15) is 0 Å². The number of thioether (sulfide) groups is 1. The second kappa shape index (κ2) is 4.88.